The first-order valence-electron chi connectivity index (χ1n) is 3.72. The summed E-state index contributed by atoms with van der Waals surface area (Å²) in [5.74, 6) is 1.95. The third kappa shape index (κ3) is 2.01. The number of methoxy groups -OCH3 is 3. The topological polar surface area (TPSA) is 27.7 Å². The van der Waals surface area contributed by atoms with Crippen molar-refractivity contribution >= 4 is 12.6 Å². The highest BCUT2D eigenvalue weighted by Crippen LogP contribution is 2.36. The summed E-state index contributed by atoms with van der Waals surface area (Å²) in [6, 6.07) is 3.49. The average Bonchev–Trinajstić information content (AvgIpc) is 2.17. The summed E-state index contributed by atoms with van der Waals surface area (Å²) in [6.45, 7) is 0. The van der Waals surface area contributed by atoms with Gasteiger partial charge >= 0.3 is 0 Å². The van der Waals surface area contributed by atoms with Crippen molar-refractivity contribution < 1.29 is 14.2 Å². The van der Waals surface area contributed by atoms with Gasteiger partial charge in [-0.2, -0.15) is 0 Å². The molecule has 3 nitrogen and oxygen atoms in total. The van der Waals surface area contributed by atoms with Crippen LogP contribution in [0.15, 0.2) is 17.0 Å². The minimum atomic E-state index is 0.636. The molecule has 0 radical (unpaired) electrons. The van der Waals surface area contributed by atoms with Crippen LogP contribution in [-0.4, -0.2) is 21.3 Å². The van der Waals surface area contributed by atoms with Crippen molar-refractivity contribution in [1.29, 1.82) is 0 Å². The van der Waals surface area contributed by atoms with E-state index in [4.69, 9.17) is 14.2 Å². The Kier molecular flexibility index (Phi) is 3.31. The molecule has 0 atom stereocenters. The molecular weight excluding hydrogens is 188 g/mol. The zero-order valence-corrected chi connectivity index (χ0v) is 8.72. The molecule has 13 heavy (non-hydrogen) atoms. The summed E-state index contributed by atoms with van der Waals surface area (Å²) < 4.78 is 15.3. The number of rotatable bonds is 3. The highest BCUT2D eigenvalue weighted by Gasteiger charge is 2.08. The van der Waals surface area contributed by atoms with Crippen molar-refractivity contribution in [2.24, 2.45) is 0 Å². The van der Waals surface area contributed by atoms with Crippen molar-refractivity contribution in [3.8, 4) is 17.2 Å². The normalized spacial score (nSPS) is 9.54. The van der Waals surface area contributed by atoms with E-state index in [9.17, 15) is 0 Å². The molecule has 0 fully saturated rings. The fourth-order valence-electron chi connectivity index (χ4n) is 1.01. The van der Waals surface area contributed by atoms with Crippen LogP contribution < -0.4 is 14.2 Å². The van der Waals surface area contributed by atoms with Crippen LogP contribution in [0.3, 0.4) is 0 Å². The highest BCUT2D eigenvalue weighted by molar-refractivity contribution is 7.80. The van der Waals surface area contributed by atoms with Crippen molar-refractivity contribution in [2.45, 2.75) is 4.90 Å². The summed E-state index contributed by atoms with van der Waals surface area (Å²) >= 11 is 4.23. The second-order valence-electron chi connectivity index (χ2n) is 2.38. The van der Waals surface area contributed by atoms with Crippen molar-refractivity contribution in [2.75, 3.05) is 21.3 Å². The summed E-state index contributed by atoms with van der Waals surface area (Å²) in [7, 11) is 4.74. The van der Waals surface area contributed by atoms with Crippen LogP contribution in [-0.2, 0) is 0 Å². The van der Waals surface area contributed by atoms with Gasteiger partial charge in [-0.25, -0.2) is 0 Å². The lowest BCUT2D eigenvalue weighted by atomic mass is 10.3. The van der Waals surface area contributed by atoms with Crippen LogP contribution in [0.1, 0.15) is 0 Å². The molecule has 1 rings (SSSR count). The van der Waals surface area contributed by atoms with E-state index in [0.29, 0.717) is 17.2 Å². The quantitative estimate of drug-likeness (QED) is 0.756. The van der Waals surface area contributed by atoms with Crippen LogP contribution >= 0.6 is 12.6 Å². The second-order valence-corrected chi connectivity index (χ2v) is 2.86. The summed E-state index contributed by atoms with van der Waals surface area (Å²) in [4.78, 5) is 0.722. The van der Waals surface area contributed by atoms with Gasteiger partial charge in [-0.05, 0) is 0 Å². The van der Waals surface area contributed by atoms with E-state index in [1.54, 1.807) is 33.5 Å². The molecule has 0 N–H and O–H groups in total. The minimum Gasteiger partial charge on any atom is -0.495 e. The Morgan fingerprint density at radius 2 is 1.31 bits per heavy atom. The lowest BCUT2D eigenvalue weighted by molar-refractivity contribution is 0.345. The Morgan fingerprint density at radius 3 is 1.77 bits per heavy atom. The summed E-state index contributed by atoms with van der Waals surface area (Å²) in [5.41, 5.74) is 0. The molecule has 0 aliphatic carbocycles. The van der Waals surface area contributed by atoms with E-state index in [-0.39, 0.29) is 0 Å². The van der Waals surface area contributed by atoms with Crippen molar-refractivity contribution in [1.82, 2.24) is 0 Å². The molecular formula is C9H12O3S. The van der Waals surface area contributed by atoms with Gasteiger partial charge in [-0.3, -0.25) is 0 Å². The van der Waals surface area contributed by atoms with Crippen LogP contribution in [0.4, 0.5) is 0 Å². The standard InChI is InChI=1S/C9H12O3S/c1-10-6-4-8(12-3)9(13)5-7(6)11-2/h4-5,13H,1-3H3. The zero-order valence-electron chi connectivity index (χ0n) is 7.83. The van der Waals surface area contributed by atoms with Gasteiger partial charge in [0, 0.05) is 12.1 Å². The Balaban J connectivity index is 3.18. The first-order chi connectivity index (χ1) is 6.22. The highest BCUT2D eigenvalue weighted by atomic mass is 32.1. The molecule has 4 heteroatoms. The lowest BCUT2D eigenvalue weighted by Gasteiger charge is -2.10. The minimum absolute atomic E-state index is 0.636. The number of ether oxygens (including phenoxy) is 3. The van der Waals surface area contributed by atoms with E-state index < -0.39 is 0 Å². The van der Waals surface area contributed by atoms with E-state index in [1.165, 1.54) is 0 Å². The fraction of sp³-hybridized carbons (Fsp3) is 0.333. The molecule has 0 bridgehead atoms. The monoisotopic (exact) mass is 200 g/mol. The maximum absolute atomic E-state index is 5.09. The second kappa shape index (κ2) is 4.28. The molecule has 1 aromatic rings. The maximum atomic E-state index is 5.09. The predicted molar refractivity (Wildman–Crippen MR) is 53.4 cm³/mol. The predicted octanol–water partition coefficient (Wildman–Crippen LogP) is 2.00. The Labute approximate surface area is 83.0 Å². The van der Waals surface area contributed by atoms with Gasteiger partial charge in [0.1, 0.15) is 5.75 Å². The third-order valence-electron chi connectivity index (χ3n) is 1.69. The number of hydrogen-bond donors (Lipinski definition) is 1. The molecule has 0 amide bonds. The van der Waals surface area contributed by atoms with E-state index in [2.05, 4.69) is 12.6 Å². The third-order valence-corrected chi connectivity index (χ3v) is 2.03. The Hall–Kier alpha value is -1.03. The molecule has 72 valence electrons. The summed E-state index contributed by atoms with van der Waals surface area (Å²) in [5, 5.41) is 0. The largest absolute Gasteiger partial charge is 0.495 e. The zero-order chi connectivity index (χ0) is 9.84. The van der Waals surface area contributed by atoms with Gasteiger partial charge in [-0.15, -0.1) is 12.6 Å². The van der Waals surface area contributed by atoms with Crippen molar-refractivity contribution in [3.63, 3.8) is 0 Å². The average molecular weight is 200 g/mol. The van der Waals surface area contributed by atoms with Crippen LogP contribution in [0.5, 0.6) is 17.2 Å². The van der Waals surface area contributed by atoms with Crippen LogP contribution in [0, 0.1) is 0 Å². The van der Waals surface area contributed by atoms with E-state index in [0.717, 1.165) is 4.90 Å². The molecule has 0 aliphatic heterocycles. The number of benzene rings is 1. The van der Waals surface area contributed by atoms with Gasteiger partial charge in [0.25, 0.3) is 0 Å². The van der Waals surface area contributed by atoms with Crippen LogP contribution in [0.25, 0.3) is 0 Å². The molecule has 0 aromatic heterocycles. The lowest BCUT2D eigenvalue weighted by Crippen LogP contribution is -1.92. The first-order valence-corrected chi connectivity index (χ1v) is 4.16. The first kappa shape index (κ1) is 10.1. The van der Waals surface area contributed by atoms with Gasteiger partial charge in [0.05, 0.1) is 26.2 Å². The molecule has 0 saturated heterocycles. The molecule has 0 saturated carbocycles. The summed E-state index contributed by atoms with van der Waals surface area (Å²) in [6.07, 6.45) is 0. The fourth-order valence-corrected chi connectivity index (χ4v) is 1.29. The van der Waals surface area contributed by atoms with Gasteiger partial charge in [0.2, 0.25) is 0 Å². The molecule has 0 aliphatic rings. The Bertz CT molecular complexity index is 299. The molecule has 0 heterocycles. The van der Waals surface area contributed by atoms with Gasteiger partial charge in [0.15, 0.2) is 11.5 Å². The molecule has 0 spiro atoms. The van der Waals surface area contributed by atoms with Crippen LogP contribution in [0.2, 0.25) is 0 Å². The molecule has 0 unspecified atom stereocenters. The van der Waals surface area contributed by atoms with Crippen molar-refractivity contribution in [3.05, 3.63) is 12.1 Å². The Morgan fingerprint density at radius 1 is 0.846 bits per heavy atom. The van der Waals surface area contributed by atoms with E-state index >= 15 is 0 Å². The smallest absolute Gasteiger partial charge is 0.164 e. The van der Waals surface area contributed by atoms with Gasteiger partial charge in [-0.1, -0.05) is 0 Å². The maximum Gasteiger partial charge on any atom is 0.164 e. The number of hydrogen-bond acceptors (Lipinski definition) is 4. The van der Waals surface area contributed by atoms with Gasteiger partial charge < -0.3 is 14.2 Å². The van der Waals surface area contributed by atoms with E-state index in [1.807, 2.05) is 0 Å². The SMILES string of the molecule is COc1cc(OC)c(OC)cc1S. The molecule has 1 aromatic carbocycles. The number of thiol groups is 1.